The Morgan fingerprint density at radius 2 is 1.70 bits per heavy atom. The van der Waals surface area contributed by atoms with Crippen LogP contribution in [0, 0.1) is 11.6 Å². The first-order chi connectivity index (χ1) is 15.6. The minimum absolute atomic E-state index is 0.134. The lowest BCUT2D eigenvalue weighted by Crippen LogP contribution is -2.12. The number of halogens is 6. The van der Waals surface area contributed by atoms with E-state index in [2.05, 4.69) is 15.3 Å². The van der Waals surface area contributed by atoms with Crippen LogP contribution in [0.1, 0.15) is 21.5 Å². The highest BCUT2D eigenvalue weighted by atomic mass is 35.5. The van der Waals surface area contributed by atoms with Crippen LogP contribution in [0.4, 0.5) is 22.0 Å². The smallest absolute Gasteiger partial charge is 0.348 e. The van der Waals surface area contributed by atoms with E-state index in [4.69, 9.17) is 11.6 Å². The molecule has 1 aliphatic rings. The predicted molar refractivity (Wildman–Crippen MR) is 112 cm³/mol. The third-order valence-corrected chi connectivity index (χ3v) is 5.64. The Labute approximate surface area is 188 Å². The van der Waals surface area contributed by atoms with Gasteiger partial charge in [-0.2, -0.15) is 13.2 Å². The van der Waals surface area contributed by atoms with E-state index in [0.29, 0.717) is 22.6 Å². The average molecular weight is 476 g/mol. The molecule has 5 rings (SSSR count). The van der Waals surface area contributed by atoms with E-state index in [1.54, 1.807) is 12.1 Å². The Bertz CT molecular complexity index is 1470. The number of nitrogens with one attached hydrogen (secondary N) is 1. The Hall–Kier alpha value is -3.59. The summed E-state index contributed by atoms with van der Waals surface area (Å²) in [5.74, 6) is -2.28. The van der Waals surface area contributed by atoms with E-state index in [-0.39, 0.29) is 45.6 Å². The molecule has 10 heteroatoms. The fourth-order valence-electron chi connectivity index (χ4n) is 3.80. The average Bonchev–Trinajstić information content (AvgIpc) is 3.15. The molecule has 0 bridgehead atoms. The molecule has 0 atom stereocenters. The minimum Gasteiger partial charge on any atom is -0.348 e. The third-order valence-electron chi connectivity index (χ3n) is 5.31. The van der Waals surface area contributed by atoms with Crippen molar-refractivity contribution in [2.75, 3.05) is 0 Å². The largest absolute Gasteiger partial charge is 0.416 e. The summed E-state index contributed by atoms with van der Waals surface area (Å²) in [7, 11) is 0. The Kier molecular flexibility index (Phi) is 4.82. The lowest BCUT2D eigenvalue weighted by molar-refractivity contribution is -0.137. The van der Waals surface area contributed by atoms with Crippen LogP contribution < -0.4 is 5.32 Å². The number of rotatable bonds is 2. The number of nitrogens with zero attached hydrogens (tertiary/aromatic N) is 2. The predicted octanol–water partition coefficient (Wildman–Crippen LogP) is 6.16. The van der Waals surface area contributed by atoms with E-state index in [0.717, 1.165) is 24.3 Å². The van der Waals surface area contributed by atoms with Crippen molar-refractivity contribution < 1.29 is 26.7 Å². The van der Waals surface area contributed by atoms with Crippen LogP contribution >= 0.6 is 11.6 Å². The van der Waals surface area contributed by atoms with Crippen LogP contribution in [-0.4, -0.2) is 15.9 Å². The molecule has 0 saturated heterocycles. The molecule has 0 spiro atoms. The van der Waals surface area contributed by atoms with Gasteiger partial charge in [-0.25, -0.2) is 18.7 Å². The van der Waals surface area contributed by atoms with E-state index in [9.17, 15) is 26.7 Å². The van der Waals surface area contributed by atoms with Crippen LogP contribution in [0.15, 0.2) is 48.5 Å². The van der Waals surface area contributed by atoms with Gasteiger partial charge in [0.05, 0.1) is 21.8 Å². The van der Waals surface area contributed by atoms with E-state index >= 15 is 0 Å². The molecule has 0 aliphatic carbocycles. The molecule has 2 heterocycles. The van der Waals surface area contributed by atoms with Crippen molar-refractivity contribution in [3.8, 4) is 22.6 Å². The fraction of sp³-hybridized carbons (Fsp3) is 0.0870. The molecule has 3 aromatic carbocycles. The van der Waals surface area contributed by atoms with Crippen molar-refractivity contribution in [3.05, 3.63) is 81.9 Å². The van der Waals surface area contributed by atoms with Gasteiger partial charge in [0.1, 0.15) is 11.6 Å². The van der Waals surface area contributed by atoms with Crippen molar-refractivity contribution >= 4 is 28.4 Å². The molecule has 1 aliphatic heterocycles. The number of benzene rings is 3. The molecule has 0 fully saturated rings. The van der Waals surface area contributed by atoms with Gasteiger partial charge in [0.15, 0.2) is 5.82 Å². The summed E-state index contributed by atoms with van der Waals surface area (Å²) in [6.07, 6.45) is -4.79. The van der Waals surface area contributed by atoms with Crippen molar-refractivity contribution in [2.45, 2.75) is 12.7 Å². The maximum absolute atomic E-state index is 14.1. The summed E-state index contributed by atoms with van der Waals surface area (Å²) >= 11 is 6.28. The van der Waals surface area contributed by atoms with Crippen LogP contribution in [-0.2, 0) is 12.7 Å². The molecule has 4 aromatic rings. The summed E-state index contributed by atoms with van der Waals surface area (Å²) in [5.41, 5.74) is -0.00550. The quantitative estimate of drug-likeness (QED) is 0.353. The Balaban J connectivity index is 1.86. The molecule has 1 N–H and O–H groups in total. The first-order valence-electron chi connectivity index (χ1n) is 9.57. The minimum atomic E-state index is -4.79. The van der Waals surface area contributed by atoms with E-state index in [1.165, 1.54) is 6.07 Å². The zero-order valence-electron chi connectivity index (χ0n) is 16.4. The molecule has 1 amide bonds. The second-order valence-corrected chi connectivity index (χ2v) is 7.82. The second kappa shape index (κ2) is 7.48. The van der Waals surface area contributed by atoms with E-state index < -0.39 is 23.4 Å². The maximum atomic E-state index is 14.1. The van der Waals surface area contributed by atoms with Gasteiger partial charge in [-0.1, -0.05) is 11.6 Å². The topological polar surface area (TPSA) is 54.9 Å². The van der Waals surface area contributed by atoms with Crippen molar-refractivity contribution in [3.63, 3.8) is 0 Å². The number of alkyl halides is 3. The first-order valence-corrected chi connectivity index (χ1v) is 9.95. The molecule has 166 valence electrons. The molecule has 33 heavy (non-hydrogen) atoms. The SMILES string of the molecule is O=C1NCc2c1ccc1c(-c3cc(F)ccc3Cl)nc(-c3cc(F)cc(C(F)(F)F)c3)nc21. The van der Waals surface area contributed by atoms with Gasteiger partial charge in [-0.05, 0) is 48.5 Å². The lowest BCUT2D eigenvalue weighted by Gasteiger charge is -2.14. The number of fused-ring (bicyclic) bond motifs is 3. The summed E-state index contributed by atoms with van der Waals surface area (Å²) in [6, 6.07) is 8.71. The highest BCUT2D eigenvalue weighted by Gasteiger charge is 2.32. The molecule has 0 unspecified atom stereocenters. The molecular weight excluding hydrogens is 465 g/mol. The fourth-order valence-corrected chi connectivity index (χ4v) is 4.01. The highest BCUT2D eigenvalue weighted by Crippen LogP contribution is 2.38. The third kappa shape index (κ3) is 3.68. The van der Waals surface area contributed by atoms with Crippen LogP contribution in [0.5, 0.6) is 0 Å². The van der Waals surface area contributed by atoms with Crippen molar-refractivity contribution in [1.29, 1.82) is 0 Å². The summed E-state index contributed by atoms with van der Waals surface area (Å²) < 4.78 is 67.9. The molecule has 0 saturated carbocycles. The van der Waals surface area contributed by atoms with Crippen molar-refractivity contribution in [2.24, 2.45) is 0 Å². The standard InChI is InChI=1S/C23H11ClF5N3O/c24-18-4-1-12(25)8-16(18)19-15-3-2-14-17(9-30-22(14)33)20(15)32-21(31-19)10-5-11(23(27,28)29)7-13(26)6-10/h1-8H,9H2,(H,30,33). The van der Waals surface area contributed by atoms with Crippen LogP contribution in [0.3, 0.4) is 0 Å². The van der Waals surface area contributed by atoms with Gasteiger partial charge < -0.3 is 5.32 Å². The number of hydrogen-bond acceptors (Lipinski definition) is 3. The second-order valence-electron chi connectivity index (χ2n) is 7.42. The lowest BCUT2D eigenvalue weighted by atomic mass is 10.00. The normalized spacial score (nSPS) is 13.3. The van der Waals surface area contributed by atoms with Crippen molar-refractivity contribution in [1.82, 2.24) is 15.3 Å². The van der Waals surface area contributed by atoms with Gasteiger partial charge in [0, 0.05) is 34.2 Å². The number of aromatic nitrogens is 2. The Morgan fingerprint density at radius 3 is 2.45 bits per heavy atom. The van der Waals surface area contributed by atoms with Crippen LogP contribution in [0.2, 0.25) is 5.02 Å². The highest BCUT2D eigenvalue weighted by molar-refractivity contribution is 6.33. The number of amides is 1. The molecular formula is C23H11ClF5N3O. The molecule has 1 aromatic heterocycles. The maximum Gasteiger partial charge on any atom is 0.416 e. The van der Waals surface area contributed by atoms with Gasteiger partial charge in [-0.15, -0.1) is 0 Å². The van der Waals surface area contributed by atoms with Gasteiger partial charge in [0.25, 0.3) is 5.91 Å². The number of carbonyl (C=O) groups is 1. The first kappa shape index (κ1) is 21.3. The van der Waals surface area contributed by atoms with Gasteiger partial charge >= 0.3 is 6.18 Å². The monoisotopic (exact) mass is 475 g/mol. The summed E-state index contributed by atoms with van der Waals surface area (Å²) in [6.45, 7) is 0.134. The summed E-state index contributed by atoms with van der Waals surface area (Å²) in [4.78, 5) is 20.8. The summed E-state index contributed by atoms with van der Waals surface area (Å²) in [5, 5.41) is 3.22. The van der Waals surface area contributed by atoms with Crippen LogP contribution in [0.25, 0.3) is 33.5 Å². The van der Waals surface area contributed by atoms with E-state index in [1.807, 2.05) is 0 Å². The molecule has 4 nitrogen and oxygen atoms in total. The zero-order valence-corrected chi connectivity index (χ0v) is 17.2. The Morgan fingerprint density at radius 1 is 0.909 bits per heavy atom. The zero-order chi connectivity index (χ0) is 23.5. The number of hydrogen-bond donors (Lipinski definition) is 1. The van der Waals surface area contributed by atoms with Gasteiger partial charge in [-0.3, -0.25) is 4.79 Å². The molecule has 0 radical (unpaired) electrons. The number of carbonyl (C=O) groups excluding carboxylic acids is 1. The van der Waals surface area contributed by atoms with Gasteiger partial charge in [0.2, 0.25) is 0 Å².